The van der Waals surface area contributed by atoms with E-state index < -0.39 is 6.10 Å². The molecule has 0 aliphatic carbocycles. The van der Waals surface area contributed by atoms with Crippen LogP contribution in [0.4, 0.5) is 11.5 Å². The van der Waals surface area contributed by atoms with E-state index in [-0.39, 0.29) is 35.7 Å². The molecule has 0 radical (unpaired) electrons. The second-order valence-electron chi connectivity index (χ2n) is 3.28. The lowest BCUT2D eigenvalue weighted by molar-refractivity contribution is -0.117. The third-order valence-corrected chi connectivity index (χ3v) is 2.31. The van der Waals surface area contributed by atoms with Gasteiger partial charge in [0.1, 0.15) is 0 Å². The number of nitrogens with two attached hydrogens (primary N) is 1. The van der Waals surface area contributed by atoms with Gasteiger partial charge in [0.15, 0.2) is 5.82 Å². The van der Waals surface area contributed by atoms with Crippen LogP contribution >= 0.6 is 11.6 Å². The maximum Gasteiger partial charge on any atom is 0.230 e. The Morgan fingerprint density at radius 3 is 3.00 bits per heavy atom. The van der Waals surface area contributed by atoms with Crippen LogP contribution < -0.4 is 10.6 Å². The number of hydrogen-bond acceptors (Lipinski definition) is 5. The molecule has 80 valence electrons. The van der Waals surface area contributed by atoms with Crippen LogP contribution in [-0.2, 0) is 4.79 Å². The van der Waals surface area contributed by atoms with E-state index in [1.54, 1.807) is 0 Å². The molecule has 2 rings (SSSR count). The minimum Gasteiger partial charge on any atom is -0.394 e. The van der Waals surface area contributed by atoms with Crippen LogP contribution in [0.15, 0.2) is 6.20 Å². The van der Waals surface area contributed by atoms with Crippen molar-refractivity contribution in [1.29, 1.82) is 0 Å². The van der Waals surface area contributed by atoms with Gasteiger partial charge in [0.25, 0.3) is 0 Å². The maximum absolute atomic E-state index is 11.5. The van der Waals surface area contributed by atoms with Crippen molar-refractivity contribution >= 4 is 29.0 Å². The standard InChI is InChI=1S/C8H9ClN4O2/c9-8-11-2-5(10)7(12-8)13-3-4(14)1-6(13)15/h2,4,14H,1,3,10H2. The molecule has 0 aromatic carbocycles. The molecule has 1 unspecified atom stereocenters. The molecule has 7 heteroatoms. The van der Waals surface area contributed by atoms with Gasteiger partial charge in [0, 0.05) is 0 Å². The maximum atomic E-state index is 11.5. The summed E-state index contributed by atoms with van der Waals surface area (Å²) in [5, 5.41) is 9.33. The summed E-state index contributed by atoms with van der Waals surface area (Å²) in [6.45, 7) is 0.191. The number of carbonyl (C=O) groups is 1. The highest BCUT2D eigenvalue weighted by molar-refractivity contribution is 6.28. The summed E-state index contributed by atoms with van der Waals surface area (Å²) in [5.74, 6) is 0.0421. The van der Waals surface area contributed by atoms with E-state index in [4.69, 9.17) is 17.3 Å². The number of amides is 1. The van der Waals surface area contributed by atoms with Crippen molar-refractivity contribution in [3.8, 4) is 0 Å². The molecule has 0 spiro atoms. The fourth-order valence-electron chi connectivity index (χ4n) is 1.47. The Balaban J connectivity index is 2.37. The fourth-order valence-corrected chi connectivity index (χ4v) is 1.60. The summed E-state index contributed by atoms with van der Waals surface area (Å²) in [7, 11) is 0. The first-order valence-electron chi connectivity index (χ1n) is 4.34. The second kappa shape index (κ2) is 3.63. The number of hydrogen-bond donors (Lipinski definition) is 2. The van der Waals surface area contributed by atoms with Crippen molar-refractivity contribution in [3.05, 3.63) is 11.5 Å². The topological polar surface area (TPSA) is 92.3 Å². The van der Waals surface area contributed by atoms with Crippen molar-refractivity contribution in [3.63, 3.8) is 0 Å². The molecule has 2 heterocycles. The molecule has 0 saturated carbocycles. The Morgan fingerprint density at radius 1 is 1.67 bits per heavy atom. The van der Waals surface area contributed by atoms with Gasteiger partial charge < -0.3 is 10.8 Å². The van der Waals surface area contributed by atoms with Gasteiger partial charge in [0.05, 0.1) is 31.0 Å². The van der Waals surface area contributed by atoms with Crippen LogP contribution in [-0.4, -0.2) is 33.6 Å². The average Bonchev–Trinajstić information content (AvgIpc) is 2.50. The van der Waals surface area contributed by atoms with Crippen molar-refractivity contribution < 1.29 is 9.90 Å². The Labute approximate surface area is 90.7 Å². The molecule has 0 bridgehead atoms. The predicted molar refractivity (Wildman–Crippen MR) is 54.4 cm³/mol. The largest absolute Gasteiger partial charge is 0.394 e. The van der Waals surface area contributed by atoms with E-state index in [0.29, 0.717) is 0 Å². The summed E-state index contributed by atoms with van der Waals surface area (Å²) < 4.78 is 0. The van der Waals surface area contributed by atoms with Crippen LogP contribution in [0, 0.1) is 0 Å². The van der Waals surface area contributed by atoms with Gasteiger partial charge >= 0.3 is 0 Å². The molecule has 1 aliphatic heterocycles. The molecule has 15 heavy (non-hydrogen) atoms. The molecule has 3 N–H and O–H groups in total. The number of rotatable bonds is 1. The van der Waals surface area contributed by atoms with Gasteiger partial charge in [-0.3, -0.25) is 9.69 Å². The van der Waals surface area contributed by atoms with Crippen LogP contribution in [0.2, 0.25) is 5.28 Å². The Bertz CT molecular complexity index is 412. The first-order chi connectivity index (χ1) is 7.08. The van der Waals surface area contributed by atoms with Gasteiger partial charge in [0.2, 0.25) is 11.2 Å². The number of anilines is 2. The third-order valence-electron chi connectivity index (χ3n) is 2.13. The zero-order valence-corrected chi connectivity index (χ0v) is 8.48. The lowest BCUT2D eigenvalue weighted by atomic mass is 10.3. The number of aliphatic hydroxyl groups is 1. The van der Waals surface area contributed by atoms with E-state index >= 15 is 0 Å². The van der Waals surface area contributed by atoms with Crippen molar-refractivity contribution in [2.75, 3.05) is 17.2 Å². The number of halogens is 1. The number of aliphatic hydroxyl groups excluding tert-OH is 1. The lowest BCUT2D eigenvalue weighted by Crippen LogP contribution is -2.27. The monoisotopic (exact) mass is 228 g/mol. The van der Waals surface area contributed by atoms with E-state index in [9.17, 15) is 9.90 Å². The summed E-state index contributed by atoms with van der Waals surface area (Å²) in [6.07, 6.45) is 0.745. The molecule has 1 atom stereocenters. The minimum atomic E-state index is -0.675. The number of β-amino-alcohol motifs (C(OH)–C–C–N with tert-alkyl or cyclic N) is 1. The first kappa shape index (κ1) is 10.1. The molecule has 1 amide bonds. The number of aromatic nitrogens is 2. The minimum absolute atomic E-state index is 0.0217. The van der Waals surface area contributed by atoms with Gasteiger partial charge in [-0.1, -0.05) is 0 Å². The zero-order valence-electron chi connectivity index (χ0n) is 7.72. The van der Waals surface area contributed by atoms with Crippen LogP contribution in [0.3, 0.4) is 0 Å². The second-order valence-corrected chi connectivity index (χ2v) is 3.62. The fraction of sp³-hybridized carbons (Fsp3) is 0.375. The Kier molecular flexibility index (Phi) is 2.45. The average molecular weight is 229 g/mol. The van der Waals surface area contributed by atoms with Crippen molar-refractivity contribution in [2.24, 2.45) is 0 Å². The molecule has 1 aromatic heterocycles. The molecular weight excluding hydrogens is 220 g/mol. The van der Waals surface area contributed by atoms with Crippen LogP contribution in [0.25, 0.3) is 0 Å². The summed E-state index contributed by atoms with van der Waals surface area (Å²) in [5.41, 5.74) is 5.88. The zero-order chi connectivity index (χ0) is 11.0. The normalized spacial score (nSPS) is 21.1. The Hall–Kier alpha value is -1.40. The van der Waals surface area contributed by atoms with Crippen LogP contribution in [0.1, 0.15) is 6.42 Å². The summed E-state index contributed by atoms with van der Waals surface area (Å²) >= 11 is 5.60. The van der Waals surface area contributed by atoms with Crippen LogP contribution in [0.5, 0.6) is 0 Å². The molecule has 1 fully saturated rings. The third kappa shape index (κ3) is 1.86. The predicted octanol–water partition coefficient (Wildman–Crippen LogP) is -0.190. The molecule has 1 aromatic rings. The van der Waals surface area contributed by atoms with Crippen molar-refractivity contribution in [1.82, 2.24) is 9.97 Å². The molecule has 1 aliphatic rings. The molecule has 6 nitrogen and oxygen atoms in total. The molecular formula is C8H9ClN4O2. The van der Waals surface area contributed by atoms with E-state index in [1.807, 2.05) is 0 Å². The SMILES string of the molecule is Nc1cnc(Cl)nc1N1CC(O)CC1=O. The van der Waals surface area contributed by atoms with Gasteiger partial charge in [-0.2, -0.15) is 4.98 Å². The quantitative estimate of drug-likeness (QED) is 0.650. The highest BCUT2D eigenvalue weighted by atomic mass is 35.5. The first-order valence-corrected chi connectivity index (χ1v) is 4.72. The number of nitrogens with zero attached hydrogens (tertiary/aromatic N) is 3. The van der Waals surface area contributed by atoms with E-state index in [0.717, 1.165) is 0 Å². The van der Waals surface area contributed by atoms with Gasteiger partial charge in [-0.05, 0) is 11.6 Å². The highest BCUT2D eigenvalue weighted by Gasteiger charge is 2.31. The molecule has 1 saturated heterocycles. The summed E-state index contributed by atoms with van der Waals surface area (Å²) in [4.78, 5) is 20.3. The summed E-state index contributed by atoms with van der Waals surface area (Å²) in [6, 6.07) is 0. The van der Waals surface area contributed by atoms with Gasteiger partial charge in [-0.15, -0.1) is 0 Å². The Morgan fingerprint density at radius 2 is 2.40 bits per heavy atom. The van der Waals surface area contributed by atoms with E-state index in [1.165, 1.54) is 11.1 Å². The number of nitrogen functional groups attached to an aromatic ring is 1. The highest BCUT2D eigenvalue weighted by Crippen LogP contribution is 2.25. The van der Waals surface area contributed by atoms with Gasteiger partial charge in [-0.25, -0.2) is 4.98 Å². The lowest BCUT2D eigenvalue weighted by Gasteiger charge is -2.16. The number of carbonyl (C=O) groups excluding carboxylic acids is 1. The van der Waals surface area contributed by atoms with Crippen molar-refractivity contribution in [2.45, 2.75) is 12.5 Å². The smallest absolute Gasteiger partial charge is 0.230 e. The van der Waals surface area contributed by atoms with E-state index in [2.05, 4.69) is 9.97 Å².